The topological polar surface area (TPSA) is 35.6 Å². The average molecular weight is 464 g/mol. The van der Waals surface area contributed by atoms with Crippen LogP contribution in [0.5, 0.6) is 0 Å². The molecule has 2 aromatic carbocycles. The largest absolute Gasteiger partial charge is 0.326 e. The molecule has 1 aliphatic rings. The summed E-state index contributed by atoms with van der Waals surface area (Å²) in [6, 6.07) is 16.4. The van der Waals surface area contributed by atoms with Gasteiger partial charge in [0.2, 0.25) is 0 Å². The third-order valence-electron chi connectivity index (χ3n) is 6.99. The highest BCUT2D eigenvalue weighted by Gasteiger charge is 2.24. The number of carbonyl (C=O) groups excluding carboxylic acids is 1. The van der Waals surface area contributed by atoms with Crippen molar-refractivity contribution in [3.8, 4) is 0 Å². The summed E-state index contributed by atoms with van der Waals surface area (Å²) in [7, 11) is 0. The predicted molar refractivity (Wildman–Crippen MR) is 143 cm³/mol. The number of benzene rings is 2. The highest BCUT2D eigenvalue weighted by Crippen LogP contribution is 2.38. The SMILES string of the molecule is CCCCN1CCC(c2csc3ccc(NC(=O)N(c4ccccc4)C(C)CC)cc23)CC1. The second kappa shape index (κ2) is 11.2. The van der Waals surface area contributed by atoms with E-state index in [-0.39, 0.29) is 12.1 Å². The molecule has 1 atom stereocenters. The van der Waals surface area contributed by atoms with Crippen molar-refractivity contribution in [2.24, 2.45) is 0 Å². The molecular weight excluding hydrogens is 426 g/mol. The molecule has 4 nitrogen and oxygen atoms in total. The number of fused-ring (bicyclic) bond motifs is 1. The first-order valence-electron chi connectivity index (χ1n) is 12.5. The Hall–Kier alpha value is -2.37. The molecule has 1 unspecified atom stereocenters. The lowest BCUT2D eigenvalue weighted by molar-refractivity contribution is 0.210. The van der Waals surface area contributed by atoms with E-state index in [1.807, 2.05) is 52.6 Å². The first kappa shape index (κ1) is 23.8. The van der Waals surface area contributed by atoms with E-state index in [9.17, 15) is 4.79 Å². The Labute approximate surface area is 202 Å². The third kappa shape index (κ3) is 5.59. The molecule has 5 heteroatoms. The normalized spacial score (nSPS) is 16.1. The van der Waals surface area contributed by atoms with E-state index < -0.39 is 0 Å². The fraction of sp³-hybridized carbons (Fsp3) is 0.464. The minimum atomic E-state index is -0.0732. The molecule has 1 N–H and O–H groups in total. The lowest BCUT2D eigenvalue weighted by Crippen LogP contribution is -2.41. The summed E-state index contributed by atoms with van der Waals surface area (Å²) in [5.74, 6) is 0.614. The second-order valence-corrected chi connectivity index (χ2v) is 10.2. The average Bonchev–Trinajstić information content (AvgIpc) is 3.27. The van der Waals surface area contributed by atoms with Gasteiger partial charge in [0, 0.05) is 22.1 Å². The maximum Gasteiger partial charge on any atom is 0.326 e. The van der Waals surface area contributed by atoms with Crippen LogP contribution >= 0.6 is 11.3 Å². The third-order valence-corrected chi connectivity index (χ3v) is 7.98. The van der Waals surface area contributed by atoms with Gasteiger partial charge in [-0.05, 0) is 105 Å². The summed E-state index contributed by atoms with van der Waals surface area (Å²) in [6.07, 6.45) is 5.91. The fourth-order valence-corrected chi connectivity index (χ4v) is 5.84. The first-order valence-corrected chi connectivity index (χ1v) is 13.4. The van der Waals surface area contributed by atoms with Gasteiger partial charge in [0.15, 0.2) is 0 Å². The molecule has 33 heavy (non-hydrogen) atoms. The predicted octanol–water partition coefficient (Wildman–Crippen LogP) is 7.72. The standard InChI is InChI=1S/C28H37N3OS/c1-4-6-16-30-17-14-22(15-18-30)26-20-33-27-13-12-23(19-25(26)27)29-28(32)31(21(3)5-2)24-10-8-7-9-11-24/h7-13,19-22H,4-6,14-18H2,1-3H3,(H,29,32). The number of carbonyl (C=O) groups is 1. The summed E-state index contributed by atoms with van der Waals surface area (Å²) < 4.78 is 1.30. The highest BCUT2D eigenvalue weighted by atomic mass is 32.1. The van der Waals surface area contributed by atoms with Crippen molar-refractivity contribution in [2.45, 2.75) is 64.8 Å². The molecule has 0 spiro atoms. The Balaban J connectivity index is 1.50. The zero-order chi connectivity index (χ0) is 23.2. The maximum absolute atomic E-state index is 13.3. The van der Waals surface area contributed by atoms with Gasteiger partial charge < -0.3 is 10.2 Å². The monoisotopic (exact) mass is 463 g/mol. The van der Waals surface area contributed by atoms with Crippen LogP contribution in [0.3, 0.4) is 0 Å². The van der Waals surface area contributed by atoms with Crippen LogP contribution in [0.1, 0.15) is 64.4 Å². The van der Waals surface area contributed by atoms with Crippen molar-refractivity contribution in [3.05, 3.63) is 59.5 Å². The summed E-state index contributed by atoms with van der Waals surface area (Å²) >= 11 is 1.82. The summed E-state index contributed by atoms with van der Waals surface area (Å²) in [4.78, 5) is 17.8. The summed E-state index contributed by atoms with van der Waals surface area (Å²) in [5, 5.41) is 6.83. The smallest absolute Gasteiger partial charge is 0.308 e. The van der Waals surface area contributed by atoms with Crippen LogP contribution in [0, 0.1) is 0 Å². The van der Waals surface area contributed by atoms with Gasteiger partial charge >= 0.3 is 6.03 Å². The second-order valence-electron chi connectivity index (χ2n) is 9.26. The van der Waals surface area contributed by atoms with Crippen molar-refractivity contribution in [1.82, 2.24) is 4.90 Å². The van der Waals surface area contributed by atoms with Crippen molar-refractivity contribution >= 4 is 38.8 Å². The van der Waals surface area contributed by atoms with Crippen LogP contribution in [0.15, 0.2) is 53.9 Å². The van der Waals surface area contributed by atoms with Crippen LogP contribution in [-0.2, 0) is 0 Å². The van der Waals surface area contributed by atoms with Crippen molar-refractivity contribution in [2.75, 3.05) is 29.9 Å². The van der Waals surface area contributed by atoms with Gasteiger partial charge in [-0.1, -0.05) is 38.5 Å². The Bertz CT molecular complexity index is 1040. The van der Waals surface area contributed by atoms with Gasteiger partial charge in [0.25, 0.3) is 0 Å². The number of hydrogen-bond acceptors (Lipinski definition) is 3. The van der Waals surface area contributed by atoms with Crippen molar-refractivity contribution in [3.63, 3.8) is 0 Å². The van der Waals surface area contributed by atoms with E-state index in [4.69, 9.17) is 0 Å². The zero-order valence-corrected chi connectivity index (χ0v) is 21.0. The molecule has 1 aromatic heterocycles. The lowest BCUT2D eigenvalue weighted by atomic mass is 9.89. The van der Waals surface area contributed by atoms with Crippen LogP contribution in [0.25, 0.3) is 10.1 Å². The Morgan fingerprint density at radius 1 is 1.15 bits per heavy atom. The van der Waals surface area contributed by atoms with E-state index in [1.54, 1.807) is 0 Å². The number of para-hydroxylation sites is 1. The molecule has 0 saturated carbocycles. The number of likely N-dealkylation sites (tertiary alicyclic amines) is 1. The number of urea groups is 1. The number of anilines is 2. The van der Waals surface area contributed by atoms with E-state index in [1.165, 1.54) is 61.0 Å². The number of nitrogens with zero attached hydrogens (tertiary/aromatic N) is 2. The Kier molecular flexibility index (Phi) is 8.05. The van der Waals surface area contributed by atoms with Crippen LogP contribution in [-0.4, -0.2) is 36.6 Å². The van der Waals surface area contributed by atoms with Gasteiger partial charge in [-0.15, -0.1) is 11.3 Å². The highest BCUT2D eigenvalue weighted by molar-refractivity contribution is 7.17. The van der Waals surface area contributed by atoms with Crippen LogP contribution < -0.4 is 10.2 Å². The molecule has 1 saturated heterocycles. The fourth-order valence-electron chi connectivity index (χ4n) is 4.82. The van der Waals surface area contributed by atoms with Gasteiger partial charge in [0.1, 0.15) is 0 Å². The Morgan fingerprint density at radius 2 is 1.91 bits per heavy atom. The number of thiophene rings is 1. The number of piperidine rings is 1. The van der Waals surface area contributed by atoms with Gasteiger partial charge in [-0.3, -0.25) is 4.90 Å². The number of nitrogens with one attached hydrogen (secondary N) is 1. The van der Waals surface area contributed by atoms with Crippen molar-refractivity contribution in [1.29, 1.82) is 0 Å². The zero-order valence-electron chi connectivity index (χ0n) is 20.2. The van der Waals surface area contributed by atoms with Crippen LogP contribution in [0.2, 0.25) is 0 Å². The number of amides is 2. The number of unbranched alkanes of at least 4 members (excludes halogenated alkanes) is 1. The van der Waals surface area contributed by atoms with E-state index in [0.717, 1.165) is 17.8 Å². The molecule has 0 radical (unpaired) electrons. The molecule has 176 valence electrons. The maximum atomic E-state index is 13.3. The molecular formula is C28H37N3OS. The molecule has 2 heterocycles. The lowest BCUT2D eigenvalue weighted by Gasteiger charge is -2.32. The number of rotatable bonds is 8. The minimum Gasteiger partial charge on any atom is -0.308 e. The molecule has 1 fully saturated rings. The van der Waals surface area contributed by atoms with Crippen LogP contribution in [0.4, 0.5) is 16.2 Å². The summed E-state index contributed by atoms with van der Waals surface area (Å²) in [5.41, 5.74) is 3.26. The molecule has 0 bridgehead atoms. The molecule has 3 aromatic rings. The molecule has 4 rings (SSSR count). The molecule has 1 aliphatic heterocycles. The van der Waals surface area contributed by atoms with Crippen molar-refractivity contribution < 1.29 is 4.79 Å². The number of hydrogen-bond donors (Lipinski definition) is 1. The Morgan fingerprint density at radius 3 is 2.61 bits per heavy atom. The first-order chi connectivity index (χ1) is 16.1. The molecule has 0 aliphatic carbocycles. The minimum absolute atomic E-state index is 0.0732. The van der Waals surface area contributed by atoms with Gasteiger partial charge in [0.05, 0.1) is 0 Å². The molecule has 2 amide bonds. The van der Waals surface area contributed by atoms with E-state index in [0.29, 0.717) is 5.92 Å². The summed E-state index contributed by atoms with van der Waals surface area (Å²) in [6.45, 7) is 10.1. The van der Waals surface area contributed by atoms with E-state index in [2.05, 4.69) is 48.5 Å². The van der Waals surface area contributed by atoms with Gasteiger partial charge in [-0.25, -0.2) is 4.79 Å². The van der Waals surface area contributed by atoms with E-state index >= 15 is 0 Å². The quantitative estimate of drug-likeness (QED) is 0.371. The van der Waals surface area contributed by atoms with Gasteiger partial charge in [-0.2, -0.15) is 0 Å².